The third kappa shape index (κ3) is 2.16. The minimum absolute atomic E-state index is 0.0224. The summed E-state index contributed by atoms with van der Waals surface area (Å²) in [6.45, 7) is 9.51. The van der Waals surface area contributed by atoms with Gasteiger partial charge in [0.25, 0.3) is 0 Å². The molecular formula is C13H22O3. The van der Waals surface area contributed by atoms with E-state index in [4.69, 9.17) is 9.47 Å². The van der Waals surface area contributed by atoms with E-state index in [9.17, 15) is 4.79 Å². The average molecular weight is 226 g/mol. The van der Waals surface area contributed by atoms with Crippen LogP contribution in [0.5, 0.6) is 0 Å². The maximum Gasteiger partial charge on any atom is 0.144 e. The van der Waals surface area contributed by atoms with Crippen molar-refractivity contribution in [3.63, 3.8) is 0 Å². The smallest absolute Gasteiger partial charge is 0.144 e. The Bertz CT molecular complexity index is 288. The molecule has 3 heteroatoms. The third-order valence-electron chi connectivity index (χ3n) is 3.75. The van der Waals surface area contributed by atoms with Crippen LogP contribution in [0, 0.1) is 11.8 Å². The van der Waals surface area contributed by atoms with Gasteiger partial charge in [-0.25, -0.2) is 0 Å². The van der Waals surface area contributed by atoms with E-state index in [1.807, 2.05) is 13.8 Å². The molecule has 2 aliphatic heterocycles. The molecule has 2 fully saturated rings. The first-order valence-electron chi connectivity index (χ1n) is 6.13. The van der Waals surface area contributed by atoms with E-state index in [0.29, 0.717) is 12.4 Å². The molecule has 2 rings (SSSR count). The van der Waals surface area contributed by atoms with E-state index < -0.39 is 0 Å². The molecule has 2 atom stereocenters. The molecule has 0 aromatic rings. The van der Waals surface area contributed by atoms with Crippen molar-refractivity contribution in [1.29, 1.82) is 0 Å². The van der Waals surface area contributed by atoms with Crippen LogP contribution >= 0.6 is 0 Å². The molecule has 0 saturated carbocycles. The van der Waals surface area contributed by atoms with Gasteiger partial charge in [0.1, 0.15) is 5.78 Å². The second kappa shape index (κ2) is 3.81. The summed E-state index contributed by atoms with van der Waals surface area (Å²) in [5.41, 5.74) is -0.507. The number of carbonyl (C=O) groups excluding carboxylic acids is 1. The molecule has 2 heterocycles. The van der Waals surface area contributed by atoms with E-state index in [0.717, 1.165) is 19.4 Å². The lowest BCUT2D eigenvalue weighted by Crippen LogP contribution is -2.37. The normalized spacial score (nSPS) is 36.5. The Morgan fingerprint density at radius 3 is 2.38 bits per heavy atom. The van der Waals surface area contributed by atoms with Gasteiger partial charge >= 0.3 is 0 Å². The summed E-state index contributed by atoms with van der Waals surface area (Å²) >= 11 is 0. The summed E-state index contributed by atoms with van der Waals surface area (Å²) in [7, 11) is 0. The Labute approximate surface area is 97.5 Å². The summed E-state index contributed by atoms with van der Waals surface area (Å²) < 4.78 is 11.3. The molecule has 0 aromatic carbocycles. The highest BCUT2D eigenvalue weighted by molar-refractivity contribution is 5.85. The topological polar surface area (TPSA) is 35.5 Å². The molecule has 3 nitrogen and oxygen atoms in total. The fraction of sp³-hybridized carbons (Fsp3) is 0.923. The van der Waals surface area contributed by atoms with Gasteiger partial charge in [0.15, 0.2) is 0 Å². The third-order valence-corrected chi connectivity index (χ3v) is 3.75. The van der Waals surface area contributed by atoms with Gasteiger partial charge < -0.3 is 9.47 Å². The van der Waals surface area contributed by atoms with Crippen molar-refractivity contribution in [2.24, 2.45) is 11.8 Å². The second-order valence-corrected chi connectivity index (χ2v) is 6.18. The van der Waals surface area contributed by atoms with Gasteiger partial charge in [0.05, 0.1) is 17.8 Å². The lowest BCUT2D eigenvalue weighted by Gasteiger charge is -2.27. The maximum absolute atomic E-state index is 12.4. The van der Waals surface area contributed by atoms with Gasteiger partial charge in [0, 0.05) is 18.4 Å². The molecule has 0 aromatic heterocycles. The lowest BCUT2D eigenvalue weighted by molar-refractivity contribution is -0.133. The Balaban J connectivity index is 2.11. The zero-order valence-electron chi connectivity index (χ0n) is 10.7. The molecular weight excluding hydrogens is 204 g/mol. The minimum atomic E-state index is -0.330. The SMILES string of the molecule is CC1(C)CC(C(=O)C2CCOC2)C(C)(C)O1. The molecule has 0 N–H and O–H groups in total. The molecule has 2 unspecified atom stereocenters. The Morgan fingerprint density at radius 1 is 1.25 bits per heavy atom. The van der Waals surface area contributed by atoms with Crippen LogP contribution in [0.4, 0.5) is 0 Å². The first-order chi connectivity index (χ1) is 7.32. The number of rotatable bonds is 2. The van der Waals surface area contributed by atoms with Crippen molar-refractivity contribution in [2.45, 2.75) is 51.7 Å². The molecule has 2 saturated heterocycles. The van der Waals surface area contributed by atoms with Crippen LogP contribution in [-0.4, -0.2) is 30.2 Å². The zero-order chi connectivity index (χ0) is 12.0. The quantitative estimate of drug-likeness (QED) is 0.724. The summed E-state index contributed by atoms with van der Waals surface area (Å²) in [5, 5.41) is 0. The highest BCUT2D eigenvalue weighted by Gasteiger charge is 2.50. The standard InChI is InChI=1S/C13H22O3/c1-12(2)7-10(13(3,4)16-12)11(14)9-5-6-15-8-9/h9-10H,5-8H2,1-4H3. The number of ether oxygens (including phenoxy) is 2. The molecule has 0 aliphatic carbocycles. The molecule has 2 aliphatic rings. The fourth-order valence-electron chi connectivity index (χ4n) is 3.05. The summed E-state index contributed by atoms with van der Waals surface area (Å²) in [5.74, 6) is 0.462. The number of hydrogen-bond donors (Lipinski definition) is 0. The van der Waals surface area contributed by atoms with E-state index >= 15 is 0 Å². The first-order valence-corrected chi connectivity index (χ1v) is 6.13. The highest BCUT2D eigenvalue weighted by atomic mass is 16.5. The van der Waals surface area contributed by atoms with Crippen molar-refractivity contribution in [1.82, 2.24) is 0 Å². The van der Waals surface area contributed by atoms with Crippen LogP contribution in [0.3, 0.4) is 0 Å². The molecule has 0 spiro atoms. The molecule has 16 heavy (non-hydrogen) atoms. The number of hydrogen-bond acceptors (Lipinski definition) is 3. The average Bonchev–Trinajstić information content (AvgIpc) is 2.69. The maximum atomic E-state index is 12.4. The van der Waals surface area contributed by atoms with Gasteiger partial charge in [-0.2, -0.15) is 0 Å². The van der Waals surface area contributed by atoms with Gasteiger partial charge in [-0.1, -0.05) is 0 Å². The highest BCUT2D eigenvalue weighted by Crippen LogP contribution is 2.43. The molecule has 0 bridgehead atoms. The van der Waals surface area contributed by atoms with Crippen molar-refractivity contribution < 1.29 is 14.3 Å². The minimum Gasteiger partial charge on any atom is -0.381 e. The fourth-order valence-corrected chi connectivity index (χ4v) is 3.05. The van der Waals surface area contributed by atoms with E-state index in [1.54, 1.807) is 0 Å². The van der Waals surface area contributed by atoms with Crippen LogP contribution in [-0.2, 0) is 14.3 Å². The number of carbonyl (C=O) groups is 1. The number of Topliss-reactive ketones (excluding diaryl/α,β-unsaturated/α-hetero) is 1. The van der Waals surface area contributed by atoms with Gasteiger partial charge in [-0.05, 0) is 40.5 Å². The summed E-state index contributed by atoms with van der Waals surface area (Å²) in [4.78, 5) is 12.4. The Hall–Kier alpha value is -0.410. The van der Waals surface area contributed by atoms with Crippen molar-refractivity contribution in [3.05, 3.63) is 0 Å². The summed E-state index contributed by atoms with van der Waals surface area (Å²) in [6, 6.07) is 0. The molecule has 0 amide bonds. The predicted molar refractivity (Wildman–Crippen MR) is 61.3 cm³/mol. The van der Waals surface area contributed by atoms with Crippen molar-refractivity contribution in [2.75, 3.05) is 13.2 Å². The largest absolute Gasteiger partial charge is 0.381 e. The second-order valence-electron chi connectivity index (χ2n) is 6.18. The number of ketones is 1. The van der Waals surface area contributed by atoms with E-state index in [1.165, 1.54) is 0 Å². The monoisotopic (exact) mass is 226 g/mol. The first kappa shape index (κ1) is 12.1. The molecule has 0 radical (unpaired) electrons. The van der Waals surface area contributed by atoms with E-state index in [2.05, 4.69) is 13.8 Å². The van der Waals surface area contributed by atoms with E-state index in [-0.39, 0.29) is 23.0 Å². The predicted octanol–water partition coefficient (Wildman–Crippen LogP) is 2.19. The van der Waals surface area contributed by atoms with Crippen LogP contribution in [0.1, 0.15) is 40.5 Å². The zero-order valence-corrected chi connectivity index (χ0v) is 10.7. The van der Waals surface area contributed by atoms with Gasteiger partial charge in [-0.15, -0.1) is 0 Å². The lowest BCUT2D eigenvalue weighted by atomic mass is 9.79. The Morgan fingerprint density at radius 2 is 1.94 bits per heavy atom. The van der Waals surface area contributed by atoms with Gasteiger partial charge in [-0.3, -0.25) is 4.79 Å². The van der Waals surface area contributed by atoms with Crippen LogP contribution in [0.15, 0.2) is 0 Å². The Kier molecular flexibility index (Phi) is 2.87. The van der Waals surface area contributed by atoms with Crippen LogP contribution < -0.4 is 0 Å². The van der Waals surface area contributed by atoms with Gasteiger partial charge in [0.2, 0.25) is 0 Å². The van der Waals surface area contributed by atoms with Crippen LogP contribution in [0.2, 0.25) is 0 Å². The van der Waals surface area contributed by atoms with Crippen LogP contribution in [0.25, 0.3) is 0 Å². The molecule has 92 valence electrons. The van der Waals surface area contributed by atoms with Crippen molar-refractivity contribution in [3.8, 4) is 0 Å². The van der Waals surface area contributed by atoms with Crippen molar-refractivity contribution >= 4 is 5.78 Å². The summed E-state index contributed by atoms with van der Waals surface area (Å²) in [6.07, 6.45) is 1.71.